The highest BCUT2D eigenvalue weighted by molar-refractivity contribution is 6.02. The van der Waals surface area contributed by atoms with Gasteiger partial charge in [-0.15, -0.1) is 0 Å². The zero-order chi connectivity index (χ0) is 12.4. The molecule has 2 saturated heterocycles. The lowest BCUT2D eigenvalue weighted by atomic mass is 10.2. The average molecular weight is 243 g/mol. The summed E-state index contributed by atoms with van der Waals surface area (Å²) in [6.07, 6.45) is -0.000581. The molecule has 1 N–H and O–H groups in total. The highest BCUT2D eigenvalue weighted by atomic mass is 16.5. The maximum absolute atomic E-state index is 11.8. The number of nitrogens with zero attached hydrogens (tertiary/aromatic N) is 1. The standard InChI is InChI=1S/C11H17NO5/c1-16-6-7(13)4-5-12-10(14)8-2-3-9(17-8)11(12)15/h7-9,13H,2-6H2,1H3. The first-order chi connectivity index (χ1) is 8.13. The predicted molar refractivity (Wildman–Crippen MR) is 57.1 cm³/mol. The van der Waals surface area contributed by atoms with Crippen LogP contribution in [0.25, 0.3) is 0 Å². The predicted octanol–water partition coefficient (Wildman–Crippen LogP) is -0.700. The van der Waals surface area contributed by atoms with E-state index in [9.17, 15) is 14.7 Å². The van der Waals surface area contributed by atoms with Crippen LogP contribution in [0, 0.1) is 0 Å². The fourth-order valence-electron chi connectivity index (χ4n) is 2.23. The third-order valence-corrected chi connectivity index (χ3v) is 3.15. The number of likely N-dealkylation sites (tertiary alicyclic amines) is 1. The van der Waals surface area contributed by atoms with E-state index in [1.807, 2.05) is 0 Å². The highest BCUT2D eigenvalue weighted by Gasteiger charge is 2.46. The van der Waals surface area contributed by atoms with E-state index in [0.717, 1.165) is 0 Å². The Morgan fingerprint density at radius 1 is 1.41 bits per heavy atom. The summed E-state index contributed by atoms with van der Waals surface area (Å²) in [5.74, 6) is -0.540. The molecule has 6 nitrogen and oxygen atoms in total. The van der Waals surface area contributed by atoms with Crippen molar-refractivity contribution in [2.45, 2.75) is 37.6 Å². The number of methoxy groups -OCH3 is 1. The molecule has 0 aromatic heterocycles. The molecule has 6 heteroatoms. The summed E-state index contributed by atoms with van der Waals surface area (Å²) in [4.78, 5) is 24.9. The van der Waals surface area contributed by atoms with Gasteiger partial charge in [-0.25, -0.2) is 0 Å². The van der Waals surface area contributed by atoms with Crippen LogP contribution < -0.4 is 0 Å². The number of ether oxygens (including phenoxy) is 2. The Morgan fingerprint density at radius 3 is 2.53 bits per heavy atom. The molecule has 2 amide bonds. The second-order valence-corrected chi connectivity index (χ2v) is 4.42. The van der Waals surface area contributed by atoms with Crippen LogP contribution in [0.15, 0.2) is 0 Å². The van der Waals surface area contributed by atoms with Gasteiger partial charge >= 0.3 is 0 Å². The van der Waals surface area contributed by atoms with E-state index >= 15 is 0 Å². The van der Waals surface area contributed by atoms with Gasteiger partial charge in [0.25, 0.3) is 11.8 Å². The van der Waals surface area contributed by atoms with Gasteiger partial charge in [-0.3, -0.25) is 14.5 Å². The number of hydrogen-bond donors (Lipinski definition) is 1. The van der Waals surface area contributed by atoms with Crippen LogP contribution in [0.1, 0.15) is 19.3 Å². The van der Waals surface area contributed by atoms with Gasteiger partial charge in [-0.1, -0.05) is 0 Å². The Hall–Kier alpha value is -0.980. The van der Waals surface area contributed by atoms with Crippen molar-refractivity contribution in [3.63, 3.8) is 0 Å². The summed E-state index contributed by atoms with van der Waals surface area (Å²) in [6, 6.07) is 0. The smallest absolute Gasteiger partial charge is 0.258 e. The van der Waals surface area contributed by atoms with Crippen LogP contribution in [0.4, 0.5) is 0 Å². The molecule has 2 aliphatic rings. The molecule has 0 radical (unpaired) electrons. The molecule has 17 heavy (non-hydrogen) atoms. The molecule has 2 bridgehead atoms. The molecule has 0 aliphatic carbocycles. The summed E-state index contributed by atoms with van der Waals surface area (Å²) < 4.78 is 10.1. The largest absolute Gasteiger partial charge is 0.391 e. The molecular weight excluding hydrogens is 226 g/mol. The number of amides is 2. The van der Waals surface area contributed by atoms with Crippen molar-refractivity contribution < 1.29 is 24.2 Å². The van der Waals surface area contributed by atoms with Crippen LogP contribution in [0.5, 0.6) is 0 Å². The molecule has 0 spiro atoms. The number of carbonyl (C=O) groups is 2. The number of fused-ring (bicyclic) bond motifs is 2. The lowest BCUT2D eigenvalue weighted by molar-refractivity contribution is -0.168. The van der Waals surface area contributed by atoms with Crippen LogP contribution in [-0.4, -0.2) is 60.4 Å². The average Bonchev–Trinajstić information content (AvgIpc) is 2.74. The van der Waals surface area contributed by atoms with Gasteiger partial charge in [0.15, 0.2) is 0 Å². The van der Waals surface area contributed by atoms with Crippen molar-refractivity contribution in [3.8, 4) is 0 Å². The quantitative estimate of drug-likeness (QED) is 0.646. The first-order valence-corrected chi connectivity index (χ1v) is 5.81. The fourth-order valence-corrected chi connectivity index (χ4v) is 2.23. The second kappa shape index (κ2) is 5.12. The number of imide groups is 1. The highest BCUT2D eigenvalue weighted by Crippen LogP contribution is 2.28. The van der Waals surface area contributed by atoms with Crippen molar-refractivity contribution in [1.82, 2.24) is 4.90 Å². The van der Waals surface area contributed by atoms with Crippen molar-refractivity contribution in [3.05, 3.63) is 0 Å². The SMILES string of the molecule is COCC(O)CCN1C(=O)C2CCC(O2)C1=O. The lowest BCUT2D eigenvalue weighted by Crippen LogP contribution is -2.52. The van der Waals surface area contributed by atoms with Gasteiger partial charge in [0.05, 0.1) is 12.7 Å². The Balaban J connectivity index is 1.91. The van der Waals surface area contributed by atoms with E-state index in [2.05, 4.69) is 0 Å². The lowest BCUT2D eigenvalue weighted by Gasteiger charge is -2.30. The number of carbonyl (C=O) groups excluding carboxylic acids is 2. The molecular formula is C11H17NO5. The first kappa shape index (κ1) is 12.5. The van der Waals surface area contributed by atoms with Gasteiger partial charge in [-0.05, 0) is 19.3 Å². The molecule has 0 aromatic carbocycles. The van der Waals surface area contributed by atoms with Crippen LogP contribution in [0.2, 0.25) is 0 Å². The summed E-state index contributed by atoms with van der Waals surface area (Å²) in [6.45, 7) is 0.443. The van der Waals surface area contributed by atoms with Crippen molar-refractivity contribution >= 4 is 11.8 Å². The number of aliphatic hydroxyl groups is 1. The van der Waals surface area contributed by atoms with E-state index in [0.29, 0.717) is 19.3 Å². The van der Waals surface area contributed by atoms with Gasteiger partial charge in [0.1, 0.15) is 12.2 Å². The summed E-state index contributed by atoms with van der Waals surface area (Å²) in [5, 5.41) is 9.49. The van der Waals surface area contributed by atoms with E-state index in [-0.39, 0.29) is 25.0 Å². The molecule has 2 fully saturated rings. The second-order valence-electron chi connectivity index (χ2n) is 4.42. The minimum absolute atomic E-state index is 0.208. The van der Waals surface area contributed by atoms with Gasteiger partial charge in [0.2, 0.25) is 0 Å². The van der Waals surface area contributed by atoms with Gasteiger partial charge < -0.3 is 14.6 Å². The van der Waals surface area contributed by atoms with Crippen LogP contribution >= 0.6 is 0 Å². The van der Waals surface area contributed by atoms with Crippen LogP contribution in [-0.2, 0) is 19.1 Å². The Morgan fingerprint density at radius 2 is 2.00 bits per heavy atom. The minimum atomic E-state index is -0.652. The third kappa shape index (κ3) is 2.48. The molecule has 2 rings (SSSR count). The zero-order valence-electron chi connectivity index (χ0n) is 9.80. The topological polar surface area (TPSA) is 76.1 Å². The Bertz CT molecular complexity index is 297. The Kier molecular flexibility index (Phi) is 3.76. The fraction of sp³-hybridized carbons (Fsp3) is 0.818. The molecule has 3 unspecified atom stereocenters. The van der Waals surface area contributed by atoms with Crippen molar-refractivity contribution in [2.24, 2.45) is 0 Å². The molecule has 3 atom stereocenters. The van der Waals surface area contributed by atoms with E-state index in [1.165, 1.54) is 12.0 Å². The summed E-state index contributed by atoms with van der Waals surface area (Å²) in [5.41, 5.74) is 0. The molecule has 0 saturated carbocycles. The summed E-state index contributed by atoms with van der Waals surface area (Å²) in [7, 11) is 1.49. The number of aliphatic hydroxyl groups excluding tert-OH is 1. The zero-order valence-corrected chi connectivity index (χ0v) is 9.80. The first-order valence-electron chi connectivity index (χ1n) is 5.81. The van der Waals surface area contributed by atoms with E-state index in [4.69, 9.17) is 9.47 Å². The molecule has 2 heterocycles. The van der Waals surface area contributed by atoms with E-state index in [1.54, 1.807) is 0 Å². The maximum Gasteiger partial charge on any atom is 0.258 e. The maximum atomic E-state index is 11.8. The van der Waals surface area contributed by atoms with Gasteiger partial charge in [0, 0.05) is 13.7 Å². The van der Waals surface area contributed by atoms with Crippen molar-refractivity contribution in [1.29, 1.82) is 0 Å². The van der Waals surface area contributed by atoms with Gasteiger partial charge in [-0.2, -0.15) is 0 Å². The van der Waals surface area contributed by atoms with Crippen molar-refractivity contribution in [2.75, 3.05) is 20.3 Å². The normalized spacial score (nSPS) is 29.9. The third-order valence-electron chi connectivity index (χ3n) is 3.15. The molecule has 0 aromatic rings. The molecule has 2 aliphatic heterocycles. The van der Waals surface area contributed by atoms with E-state index < -0.39 is 18.3 Å². The summed E-state index contributed by atoms with van der Waals surface area (Å²) >= 11 is 0. The molecule has 96 valence electrons. The monoisotopic (exact) mass is 243 g/mol. The van der Waals surface area contributed by atoms with Crippen LogP contribution in [0.3, 0.4) is 0 Å². The number of morpholine rings is 1. The number of hydrogen-bond acceptors (Lipinski definition) is 5. The minimum Gasteiger partial charge on any atom is -0.391 e. The number of rotatable bonds is 5. The Labute approximate surface area is 99.5 Å².